The summed E-state index contributed by atoms with van der Waals surface area (Å²) in [5.74, 6) is 1.46. The van der Waals surface area contributed by atoms with E-state index in [1.54, 1.807) is 48.5 Å². The molecule has 0 radical (unpaired) electrons. The minimum absolute atomic E-state index is 0.120. The minimum atomic E-state index is -0.302. The van der Waals surface area contributed by atoms with Crippen LogP contribution in [0.5, 0.6) is 11.5 Å². The number of benzene rings is 1. The average Bonchev–Trinajstić information content (AvgIpc) is 2.95. The van der Waals surface area contributed by atoms with Crippen LogP contribution in [0.1, 0.15) is 17.0 Å². The second-order valence-corrected chi connectivity index (χ2v) is 5.99. The van der Waals surface area contributed by atoms with Gasteiger partial charge in [0.15, 0.2) is 6.61 Å². The Morgan fingerprint density at radius 1 is 1.07 bits per heavy atom. The number of hydrogen-bond donors (Lipinski definition) is 1. The molecule has 8 nitrogen and oxygen atoms in total. The first-order valence-electron chi connectivity index (χ1n) is 8.40. The van der Waals surface area contributed by atoms with Gasteiger partial charge in [-0.3, -0.25) is 4.79 Å². The van der Waals surface area contributed by atoms with Gasteiger partial charge in [0.1, 0.15) is 11.5 Å². The number of nitrogens with one attached hydrogen (secondary N) is 1. The smallest absolute Gasteiger partial charge is 0.262 e. The van der Waals surface area contributed by atoms with Gasteiger partial charge in [-0.25, -0.2) is 14.6 Å². The van der Waals surface area contributed by atoms with Crippen molar-refractivity contribution in [1.82, 2.24) is 19.7 Å². The van der Waals surface area contributed by atoms with Crippen LogP contribution in [0.25, 0.3) is 5.95 Å². The number of anilines is 1. The first-order chi connectivity index (χ1) is 13.0. The van der Waals surface area contributed by atoms with Crippen LogP contribution in [0.15, 0.2) is 36.7 Å². The summed E-state index contributed by atoms with van der Waals surface area (Å²) in [5.41, 5.74) is 3.51. The summed E-state index contributed by atoms with van der Waals surface area (Å²) < 4.78 is 12.2. The molecule has 0 saturated carbocycles. The van der Waals surface area contributed by atoms with Crippen LogP contribution in [-0.4, -0.2) is 39.4 Å². The van der Waals surface area contributed by atoms with Crippen molar-refractivity contribution in [3.8, 4) is 17.4 Å². The predicted octanol–water partition coefficient (Wildman–Crippen LogP) is 2.61. The first-order valence-corrected chi connectivity index (χ1v) is 8.40. The van der Waals surface area contributed by atoms with Gasteiger partial charge >= 0.3 is 0 Å². The fourth-order valence-corrected chi connectivity index (χ4v) is 2.43. The highest BCUT2D eigenvalue weighted by Gasteiger charge is 2.11. The summed E-state index contributed by atoms with van der Waals surface area (Å²) >= 11 is 0. The van der Waals surface area contributed by atoms with Crippen LogP contribution in [0.4, 0.5) is 5.69 Å². The minimum Gasteiger partial charge on any atom is -0.497 e. The molecule has 0 spiro atoms. The summed E-state index contributed by atoms with van der Waals surface area (Å²) in [5, 5.41) is 7.12. The van der Waals surface area contributed by atoms with Crippen LogP contribution in [-0.2, 0) is 4.79 Å². The molecule has 8 heteroatoms. The number of methoxy groups -OCH3 is 1. The fraction of sp³-hybridized carbons (Fsp3) is 0.263. The number of aromatic nitrogens is 4. The van der Waals surface area contributed by atoms with E-state index in [0.29, 0.717) is 17.4 Å². The van der Waals surface area contributed by atoms with Crippen molar-refractivity contribution < 1.29 is 14.3 Å². The highest BCUT2D eigenvalue weighted by Crippen LogP contribution is 2.17. The lowest BCUT2D eigenvalue weighted by Gasteiger charge is -2.08. The highest BCUT2D eigenvalue weighted by molar-refractivity contribution is 5.91. The molecule has 0 unspecified atom stereocenters. The summed E-state index contributed by atoms with van der Waals surface area (Å²) in [6, 6.07) is 7.00. The largest absolute Gasteiger partial charge is 0.497 e. The average molecular weight is 367 g/mol. The van der Waals surface area contributed by atoms with Crippen LogP contribution in [0.2, 0.25) is 0 Å². The van der Waals surface area contributed by atoms with Gasteiger partial charge in [-0.2, -0.15) is 5.10 Å². The van der Waals surface area contributed by atoms with E-state index >= 15 is 0 Å². The van der Waals surface area contributed by atoms with Gasteiger partial charge in [0.25, 0.3) is 11.9 Å². The normalized spacial score (nSPS) is 10.5. The number of amides is 1. The maximum absolute atomic E-state index is 12.0. The van der Waals surface area contributed by atoms with E-state index in [4.69, 9.17) is 9.47 Å². The molecule has 0 aliphatic carbocycles. The molecule has 0 atom stereocenters. The van der Waals surface area contributed by atoms with Gasteiger partial charge in [0, 0.05) is 5.69 Å². The number of aryl methyl sites for hydroxylation is 1. The van der Waals surface area contributed by atoms with E-state index in [2.05, 4.69) is 20.4 Å². The number of ether oxygens (including phenoxy) is 2. The molecule has 27 heavy (non-hydrogen) atoms. The van der Waals surface area contributed by atoms with E-state index in [1.165, 1.54) is 0 Å². The topological polar surface area (TPSA) is 91.2 Å². The second kappa shape index (κ2) is 7.86. The first kappa shape index (κ1) is 18.4. The van der Waals surface area contributed by atoms with Gasteiger partial charge in [-0.05, 0) is 50.6 Å². The molecule has 0 aliphatic heterocycles. The van der Waals surface area contributed by atoms with E-state index in [1.807, 2.05) is 20.8 Å². The molecule has 3 rings (SSSR count). The molecule has 3 aromatic rings. The van der Waals surface area contributed by atoms with Crippen molar-refractivity contribution in [3.05, 3.63) is 53.6 Å². The molecule has 0 aliphatic rings. The van der Waals surface area contributed by atoms with Crippen molar-refractivity contribution in [2.24, 2.45) is 0 Å². The van der Waals surface area contributed by atoms with Crippen LogP contribution >= 0.6 is 0 Å². The number of carbonyl (C=O) groups is 1. The van der Waals surface area contributed by atoms with Crippen LogP contribution in [0.3, 0.4) is 0 Å². The van der Waals surface area contributed by atoms with Crippen LogP contribution in [0, 0.1) is 20.8 Å². The van der Waals surface area contributed by atoms with Gasteiger partial charge in [-0.1, -0.05) is 0 Å². The molecule has 1 N–H and O–H groups in total. The molecule has 2 aromatic heterocycles. The lowest BCUT2D eigenvalue weighted by Crippen LogP contribution is -2.20. The zero-order valence-corrected chi connectivity index (χ0v) is 15.7. The van der Waals surface area contributed by atoms with Gasteiger partial charge in [0.05, 0.1) is 30.9 Å². The summed E-state index contributed by atoms with van der Waals surface area (Å²) in [6.07, 6.45) is 3.08. The molecule has 0 bridgehead atoms. The molecule has 0 saturated heterocycles. The number of carbonyl (C=O) groups excluding carboxylic acids is 1. The van der Waals surface area contributed by atoms with Crippen molar-refractivity contribution in [2.75, 3.05) is 19.0 Å². The Morgan fingerprint density at radius 3 is 2.26 bits per heavy atom. The van der Waals surface area contributed by atoms with Gasteiger partial charge < -0.3 is 14.8 Å². The van der Waals surface area contributed by atoms with E-state index in [-0.39, 0.29) is 12.5 Å². The Morgan fingerprint density at radius 2 is 1.70 bits per heavy atom. The molecular weight excluding hydrogens is 346 g/mol. The second-order valence-electron chi connectivity index (χ2n) is 5.99. The number of nitrogens with zero attached hydrogens (tertiary/aromatic N) is 4. The summed E-state index contributed by atoms with van der Waals surface area (Å²) in [7, 11) is 1.59. The number of hydrogen-bond acceptors (Lipinski definition) is 6. The Bertz CT molecular complexity index is 933. The van der Waals surface area contributed by atoms with Gasteiger partial charge in [-0.15, -0.1) is 0 Å². The molecule has 0 fully saturated rings. The van der Waals surface area contributed by atoms with Gasteiger partial charge in [0.2, 0.25) is 0 Å². The fourth-order valence-electron chi connectivity index (χ4n) is 2.43. The SMILES string of the molecule is COc1ccc(OCC(=O)Nc2cnc(-n3nc(C)c(C)c3C)nc2)cc1. The molecule has 140 valence electrons. The zero-order valence-electron chi connectivity index (χ0n) is 15.7. The van der Waals surface area contributed by atoms with Crippen molar-refractivity contribution in [2.45, 2.75) is 20.8 Å². The lowest BCUT2D eigenvalue weighted by molar-refractivity contribution is -0.118. The third-order valence-electron chi connectivity index (χ3n) is 4.19. The summed E-state index contributed by atoms with van der Waals surface area (Å²) in [4.78, 5) is 20.6. The van der Waals surface area contributed by atoms with E-state index in [9.17, 15) is 4.79 Å². The third kappa shape index (κ3) is 4.22. The third-order valence-corrected chi connectivity index (χ3v) is 4.19. The maximum atomic E-state index is 12.0. The van der Waals surface area contributed by atoms with E-state index in [0.717, 1.165) is 22.7 Å². The zero-order chi connectivity index (χ0) is 19.4. The molecule has 1 aromatic carbocycles. The predicted molar refractivity (Wildman–Crippen MR) is 100 cm³/mol. The standard InChI is InChI=1S/C19H21N5O3/c1-12-13(2)23-24(14(12)3)19-20-9-15(10-21-19)22-18(25)11-27-17-7-5-16(26-4)6-8-17/h5-10H,11H2,1-4H3,(H,22,25). The van der Waals surface area contributed by atoms with E-state index < -0.39 is 0 Å². The monoisotopic (exact) mass is 367 g/mol. The lowest BCUT2D eigenvalue weighted by atomic mass is 10.2. The van der Waals surface area contributed by atoms with Crippen molar-refractivity contribution in [1.29, 1.82) is 0 Å². The Labute approximate surface area is 157 Å². The Hall–Kier alpha value is -3.42. The van der Waals surface area contributed by atoms with Crippen molar-refractivity contribution in [3.63, 3.8) is 0 Å². The Kier molecular flexibility index (Phi) is 5.35. The van der Waals surface area contributed by atoms with Crippen LogP contribution < -0.4 is 14.8 Å². The highest BCUT2D eigenvalue weighted by atomic mass is 16.5. The quantitative estimate of drug-likeness (QED) is 0.720. The number of rotatable bonds is 6. The van der Waals surface area contributed by atoms with Crippen molar-refractivity contribution >= 4 is 11.6 Å². The molecular formula is C19H21N5O3. The Balaban J connectivity index is 1.58. The molecule has 2 heterocycles. The summed E-state index contributed by atoms with van der Waals surface area (Å²) in [6.45, 7) is 5.79. The maximum Gasteiger partial charge on any atom is 0.262 e. The molecule has 1 amide bonds.